The molecule has 4 heterocycles. The van der Waals surface area contributed by atoms with E-state index >= 15 is 0 Å². The van der Waals surface area contributed by atoms with Crippen molar-refractivity contribution < 1.29 is 23.5 Å². The van der Waals surface area contributed by atoms with Crippen molar-refractivity contribution in [3.63, 3.8) is 0 Å². The Morgan fingerprint density at radius 1 is 0.486 bits per heavy atom. The summed E-state index contributed by atoms with van der Waals surface area (Å²) < 4.78 is 10.3. The van der Waals surface area contributed by atoms with Gasteiger partial charge in [-0.25, -0.2) is 0 Å². The molecule has 16 heteroatoms. The zero-order valence-corrected chi connectivity index (χ0v) is 46.2. The molecule has 4 aromatic carbocycles. The Kier molecular flexibility index (Phi) is 29.0. The van der Waals surface area contributed by atoms with E-state index in [0.29, 0.717) is 12.8 Å². The fraction of sp³-hybridized carbons (Fsp3) is 0.519. The Hall–Kier alpha value is -3.98. The van der Waals surface area contributed by atoms with E-state index in [1.165, 1.54) is 37.0 Å². The molecule has 4 aliphatic rings. The Morgan fingerprint density at radius 2 is 0.800 bits per heavy atom. The third-order valence-corrected chi connectivity index (χ3v) is 13.5. The van der Waals surface area contributed by atoms with Gasteiger partial charge >= 0.3 is 11.9 Å². The molecule has 4 aliphatic heterocycles. The maximum Gasteiger partial charge on any atom is 0.311 e. The normalized spacial score (nSPS) is 16.7. The maximum atomic E-state index is 11.3. The van der Waals surface area contributed by atoms with Crippen molar-refractivity contribution in [2.45, 2.75) is 40.5 Å². The summed E-state index contributed by atoms with van der Waals surface area (Å²) in [5.74, 6) is -0.260. The minimum atomic E-state index is -0.139. The summed E-state index contributed by atoms with van der Waals surface area (Å²) in [5, 5.41) is 6.47. The van der Waals surface area contributed by atoms with Crippen LogP contribution < -0.4 is 24.9 Å². The molecule has 4 aromatic rings. The highest BCUT2D eigenvalue weighted by atomic mass is 35.5. The number of nitrogens with one attached hydrogen (secondary N) is 1. The summed E-state index contributed by atoms with van der Waals surface area (Å²) in [4.78, 5) is 36.5. The Balaban J connectivity index is 0.000000244. The second kappa shape index (κ2) is 33.6. The van der Waals surface area contributed by atoms with Gasteiger partial charge in [-0.3, -0.25) is 14.5 Å². The molecule has 0 spiro atoms. The first-order chi connectivity index (χ1) is 33.8. The molecule has 1 N–H and O–H groups in total. The van der Waals surface area contributed by atoms with E-state index in [2.05, 4.69) is 89.9 Å². The summed E-state index contributed by atoms with van der Waals surface area (Å²) in [6.07, 6.45) is 0.964. The topological polar surface area (TPSA) is 84.1 Å². The summed E-state index contributed by atoms with van der Waals surface area (Å²) in [5.41, 5.74) is 4.97. The SMILES string of the molecule is CC.CC.CN1CCN(c2ccc(Cl)cc2)CC1.COC(=O)CCN1CCN(c2ccc(Cl)cc2)CC1.COC(=O)CC[N+]1(C)CCN(c2ccc(Cl)cc2)CC1.Clc1ccc(N2CCNCC2)cc1. The largest absolute Gasteiger partial charge is 0.469 e. The lowest BCUT2D eigenvalue weighted by Gasteiger charge is -2.42. The second-order valence-corrected chi connectivity index (χ2v) is 18.9. The van der Waals surface area contributed by atoms with Gasteiger partial charge in [0.1, 0.15) is 0 Å². The van der Waals surface area contributed by atoms with Gasteiger partial charge in [-0.15, -0.1) is 0 Å². The van der Waals surface area contributed by atoms with Gasteiger partial charge in [0, 0.05) is 128 Å². The quantitative estimate of drug-likeness (QED) is 0.122. The number of benzene rings is 4. The van der Waals surface area contributed by atoms with Crippen molar-refractivity contribution in [2.75, 3.05) is 166 Å². The van der Waals surface area contributed by atoms with Crippen molar-refractivity contribution in [2.24, 2.45) is 0 Å². The van der Waals surface area contributed by atoms with Crippen LogP contribution in [0.25, 0.3) is 0 Å². The summed E-state index contributed by atoms with van der Waals surface area (Å²) in [6, 6.07) is 32.0. The number of esters is 2. The first kappa shape index (κ1) is 60.3. The minimum absolute atomic E-state index is 0.121. The van der Waals surface area contributed by atoms with Crippen molar-refractivity contribution in [1.29, 1.82) is 0 Å². The van der Waals surface area contributed by atoms with Crippen LogP contribution in [0.4, 0.5) is 22.7 Å². The number of anilines is 4. The monoisotopic (exact) mass is 1050 g/mol. The Bertz CT molecular complexity index is 2000. The molecule has 4 fully saturated rings. The third-order valence-electron chi connectivity index (χ3n) is 12.5. The third kappa shape index (κ3) is 22.2. The van der Waals surface area contributed by atoms with Crippen LogP contribution in [0.15, 0.2) is 97.1 Å². The highest BCUT2D eigenvalue weighted by Crippen LogP contribution is 2.23. The molecular weight excluding hydrogens is 966 g/mol. The van der Waals surface area contributed by atoms with Gasteiger partial charge in [0.25, 0.3) is 0 Å². The number of piperazine rings is 4. The molecular formula is C54H81Cl4N8O4+. The van der Waals surface area contributed by atoms with Gasteiger partial charge in [0.05, 0.1) is 66.8 Å². The molecule has 4 saturated heterocycles. The average molecular weight is 1050 g/mol. The molecule has 0 atom stereocenters. The molecule has 0 aromatic heterocycles. The Morgan fingerprint density at radius 3 is 1.16 bits per heavy atom. The number of methoxy groups -OCH3 is 2. The van der Waals surface area contributed by atoms with E-state index in [1.54, 1.807) is 0 Å². The molecule has 0 saturated carbocycles. The Labute approximate surface area is 440 Å². The second-order valence-electron chi connectivity index (χ2n) is 17.2. The number of hydrogen-bond acceptors (Lipinski definition) is 11. The van der Waals surface area contributed by atoms with E-state index < -0.39 is 0 Å². The van der Waals surface area contributed by atoms with Gasteiger partial charge in [0.15, 0.2) is 0 Å². The van der Waals surface area contributed by atoms with E-state index in [4.69, 9.17) is 51.1 Å². The minimum Gasteiger partial charge on any atom is -0.469 e. The number of ether oxygens (including phenoxy) is 2. The molecule has 0 bridgehead atoms. The average Bonchev–Trinajstić information content (AvgIpc) is 3.41. The van der Waals surface area contributed by atoms with Crippen LogP contribution in [0, 0.1) is 0 Å². The molecule has 0 radical (unpaired) electrons. The van der Waals surface area contributed by atoms with Gasteiger partial charge in [-0.2, -0.15) is 0 Å². The van der Waals surface area contributed by atoms with Gasteiger partial charge in [0.2, 0.25) is 0 Å². The van der Waals surface area contributed by atoms with Gasteiger partial charge in [-0.05, 0) is 104 Å². The van der Waals surface area contributed by atoms with E-state index in [1.807, 2.05) is 88.4 Å². The fourth-order valence-corrected chi connectivity index (χ4v) is 8.57. The standard InChI is InChI=1S/C15H22ClN2O2.C14H19ClN2O2.C11H15ClN2.C10H13ClN2.2C2H6/c1-18(10-7-15(19)20-2)11-8-17(9-12-18)14-5-3-13(16)4-6-14;1-19-14(18)6-7-16-8-10-17(11-9-16)13-4-2-12(15)3-5-13;1-13-6-8-14(9-7-13)11-4-2-10(12)3-5-11;11-9-1-3-10(4-2-9)13-7-5-12-6-8-13;2*1-2/h3-6H,7-12H2,1-2H3;2-5H,6-11H2,1H3;2-5H,6-9H2,1H3;1-4,12H,5-8H2;2*1-2H3/q+1;;;;;. The highest BCUT2D eigenvalue weighted by Gasteiger charge is 2.29. The number of hydrogen-bond donors (Lipinski definition) is 1. The molecule has 388 valence electrons. The number of carbonyl (C=O) groups is 2. The van der Waals surface area contributed by atoms with Crippen LogP contribution in [-0.2, 0) is 19.1 Å². The lowest BCUT2D eigenvalue weighted by Crippen LogP contribution is -2.58. The van der Waals surface area contributed by atoms with Crippen LogP contribution in [0.1, 0.15) is 40.5 Å². The van der Waals surface area contributed by atoms with Crippen molar-refractivity contribution >= 4 is 81.1 Å². The van der Waals surface area contributed by atoms with Crippen LogP contribution in [-0.4, -0.2) is 172 Å². The number of rotatable bonds is 10. The summed E-state index contributed by atoms with van der Waals surface area (Å²) in [6.45, 7) is 26.4. The van der Waals surface area contributed by atoms with Crippen molar-refractivity contribution in [1.82, 2.24) is 15.1 Å². The number of nitrogens with zero attached hydrogens (tertiary/aromatic N) is 7. The zero-order valence-electron chi connectivity index (χ0n) is 43.2. The predicted octanol–water partition coefficient (Wildman–Crippen LogP) is 10.1. The molecule has 70 heavy (non-hydrogen) atoms. The molecule has 0 unspecified atom stereocenters. The van der Waals surface area contributed by atoms with Crippen molar-refractivity contribution in [3.05, 3.63) is 117 Å². The van der Waals surface area contributed by atoms with E-state index in [-0.39, 0.29) is 11.9 Å². The van der Waals surface area contributed by atoms with Crippen LogP contribution >= 0.6 is 46.4 Å². The number of carbonyl (C=O) groups excluding carboxylic acids is 2. The lowest BCUT2D eigenvalue weighted by atomic mass is 10.2. The first-order valence-corrected chi connectivity index (χ1v) is 26.4. The summed E-state index contributed by atoms with van der Waals surface area (Å²) >= 11 is 23.5. The predicted molar refractivity (Wildman–Crippen MR) is 298 cm³/mol. The van der Waals surface area contributed by atoms with Crippen LogP contribution in [0.5, 0.6) is 0 Å². The smallest absolute Gasteiger partial charge is 0.311 e. The first-order valence-electron chi connectivity index (χ1n) is 24.9. The number of quaternary nitrogens is 1. The molecule has 0 amide bonds. The number of likely N-dealkylation sites (N-methyl/N-ethyl adjacent to an activating group) is 2. The summed E-state index contributed by atoms with van der Waals surface area (Å²) in [7, 11) is 7.25. The van der Waals surface area contributed by atoms with Gasteiger partial charge in [-0.1, -0.05) is 74.1 Å². The van der Waals surface area contributed by atoms with E-state index in [9.17, 15) is 9.59 Å². The maximum absolute atomic E-state index is 11.3. The number of halogens is 4. The molecule has 12 nitrogen and oxygen atoms in total. The highest BCUT2D eigenvalue weighted by molar-refractivity contribution is 6.31. The van der Waals surface area contributed by atoms with Crippen LogP contribution in [0.3, 0.4) is 0 Å². The van der Waals surface area contributed by atoms with Crippen molar-refractivity contribution in [3.8, 4) is 0 Å². The van der Waals surface area contributed by atoms with Crippen LogP contribution in [0.2, 0.25) is 20.1 Å². The lowest BCUT2D eigenvalue weighted by molar-refractivity contribution is -0.909. The molecule has 8 rings (SSSR count). The van der Waals surface area contributed by atoms with E-state index in [0.717, 1.165) is 142 Å². The fourth-order valence-electron chi connectivity index (χ4n) is 8.07. The van der Waals surface area contributed by atoms with Gasteiger partial charge < -0.3 is 43.8 Å². The molecule has 0 aliphatic carbocycles. The zero-order chi connectivity index (χ0) is 51.3.